The van der Waals surface area contributed by atoms with Crippen molar-refractivity contribution in [1.29, 1.82) is 0 Å². The van der Waals surface area contributed by atoms with Crippen LogP contribution in [0.25, 0.3) is 0 Å². The van der Waals surface area contributed by atoms with Gasteiger partial charge in [-0.15, -0.1) is 0 Å². The third kappa shape index (κ3) is 2.74. The third-order valence-electron chi connectivity index (χ3n) is 2.89. The molecule has 0 spiro atoms. The normalized spacial score (nSPS) is 10.3. The number of nitrogens with zero attached hydrogens (tertiary/aromatic N) is 2. The van der Waals surface area contributed by atoms with Crippen LogP contribution in [0.15, 0.2) is 35.3 Å². The summed E-state index contributed by atoms with van der Waals surface area (Å²) in [7, 11) is 1.62. The van der Waals surface area contributed by atoms with Crippen LogP contribution in [0.4, 0.5) is 5.82 Å². The zero-order valence-electron chi connectivity index (χ0n) is 10.9. The molecule has 3 N–H and O–H groups in total. The minimum absolute atomic E-state index is 0.138. The minimum Gasteiger partial charge on any atom is -0.497 e. The molecule has 0 aliphatic carbocycles. The summed E-state index contributed by atoms with van der Waals surface area (Å²) in [6.45, 7) is 2.30. The SMILES string of the molecule is COc1ccc(Cn2c(C)cnc(NN)c2=O)cc1. The van der Waals surface area contributed by atoms with Crippen LogP contribution in [0.3, 0.4) is 0 Å². The number of hydrogen-bond acceptors (Lipinski definition) is 5. The van der Waals surface area contributed by atoms with Gasteiger partial charge in [-0.25, -0.2) is 10.8 Å². The zero-order valence-corrected chi connectivity index (χ0v) is 10.9. The number of aryl methyl sites for hydroxylation is 1. The maximum Gasteiger partial charge on any atom is 0.295 e. The lowest BCUT2D eigenvalue weighted by Gasteiger charge is -2.11. The Bertz CT molecular complexity index is 620. The van der Waals surface area contributed by atoms with Crippen molar-refractivity contribution < 1.29 is 4.74 Å². The van der Waals surface area contributed by atoms with E-state index >= 15 is 0 Å². The molecule has 0 radical (unpaired) electrons. The topological polar surface area (TPSA) is 82.2 Å². The number of nitrogen functional groups attached to an aromatic ring is 1. The quantitative estimate of drug-likeness (QED) is 0.630. The number of hydrogen-bond donors (Lipinski definition) is 2. The Balaban J connectivity index is 2.34. The summed E-state index contributed by atoms with van der Waals surface area (Å²) in [5.74, 6) is 6.18. The monoisotopic (exact) mass is 260 g/mol. The van der Waals surface area contributed by atoms with Gasteiger partial charge in [0.25, 0.3) is 5.56 Å². The molecular weight excluding hydrogens is 244 g/mol. The number of rotatable bonds is 4. The molecule has 0 atom stereocenters. The van der Waals surface area contributed by atoms with Crippen molar-refractivity contribution in [2.45, 2.75) is 13.5 Å². The lowest BCUT2D eigenvalue weighted by Crippen LogP contribution is -2.28. The molecule has 6 heteroatoms. The van der Waals surface area contributed by atoms with Gasteiger partial charge in [0.05, 0.1) is 13.7 Å². The van der Waals surface area contributed by atoms with E-state index in [1.165, 1.54) is 0 Å². The smallest absolute Gasteiger partial charge is 0.295 e. The molecule has 19 heavy (non-hydrogen) atoms. The summed E-state index contributed by atoms with van der Waals surface area (Å²) >= 11 is 0. The van der Waals surface area contributed by atoms with Crippen LogP contribution in [0.1, 0.15) is 11.3 Å². The molecule has 2 aromatic rings. The first-order valence-corrected chi connectivity index (χ1v) is 5.81. The second-order valence-electron chi connectivity index (χ2n) is 4.13. The molecule has 1 aromatic carbocycles. The highest BCUT2D eigenvalue weighted by Gasteiger charge is 2.07. The van der Waals surface area contributed by atoms with E-state index in [9.17, 15) is 4.79 Å². The average Bonchev–Trinajstić information content (AvgIpc) is 2.44. The summed E-state index contributed by atoms with van der Waals surface area (Å²) in [6.07, 6.45) is 1.61. The Hall–Kier alpha value is -2.34. The fourth-order valence-electron chi connectivity index (χ4n) is 1.78. The van der Waals surface area contributed by atoms with E-state index < -0.39 is 0 Å². The Morgan fingerprint density at radius 2 is 2.05 bits per heavy atom. The van der Waals surface area contributed by atoms with Crippen LogP contribution in [-0.2, 0) is 6.54 Å². The Morgan fingerprint density at radius 3 is 2.63 bits per heavy atom. The number of ether oxygens (including phenoxy) is 1. The maximum absolute atomic E-state index is 12.1. The fraction of sp³-hybridized carbons (Fsp3) is 0.231. The van der Waals surface area contributed by atoms with Gasteiger partial charge in [-0.05, 0) is 24.6 Å². The van der Waals surface area contributed by atoms with Gasteiger partial charge < -0.3 is 14.7 Å². The Morgan fingerprint density at radius 1 is 1.37 bits per heavy atom. The third-order valence-corrected chi connectivity index (χ3v) is 2.89. The lowest BCUT2D eigenvalue weighted by molar-refractivity contribution is 0.414. The van der Waals surface area contributed by atoms with E-state index in [-0.39, 0.29) is 11.4 Å². The van der Waals surface area contributed by atoms with Gasteiger partial charge in [0.2, 0.25) is 5.82 Å². The number of methoxy groups -OCH3 is 1. The highest BCUT2D eigenvalue weighted by atomic mass is 16.5. The first-order chi connectivity index (χ1) is 9.15. The van der Waals surface area contributed by atoms with Crippen LogP contribution in [-0.4, -0.2) is 16.7 Å². The largest absolute Gasteiger partial charge is 0.497 e. The van der Waals surface area contributed by atoms with Crippen molar-refractivity contribution in [3.63, 3.8) is 0 Å². The summed E-state index contributed by atoms with van der Waals surface area (Å²) in [6, 6.07) is 7.55. The zero-order chi connectivity index (χ0) is 13.8. The van der Waals surface area contributed by atoms with Gasteiger partial charge in [0.15, 0.2) is 0 Å². The predicted molar refractivity (Wildman–Crippen MR) is 73.1 cm³/mol. The lowest BCUT2D eigenvalue weighted by atomic mass is 10.2. The Labute approximate surface area is 110 Å². The van der Waals surface area contributed by atoms with E-state index in [2.05, 4.69) is 10.4 Å². The summed E-state index contributed by atoms with van der Waals surface area (Å²) < 4.78 is 6.71. The molecule has 100 valence electrons. The van der Waals surface area contributed by atoms with Crippen molar-refractivity contribution in [2.75, 3.05) is 12.5 Å². The van der Waals surface area contributed by atoms with E-state index in [1.54, 1.807) is 17.9 Å². The van der Waals surface area contributed by atoms with Crippen molar-refractivity contribution in [2.24, 2.45) is 5.84 Å². The molecule has 0 unspecified atom stereocenters. The number of aromatic nitrogens is 2. The predicted octanol–water partition coefficient (Wildman–Crippen LogP) is 0.894. The number of benzene rings is 1. The fourth-order valence-corrected chi connectivity index (χ4v) is 1.78. The molecule has 1 heterocycles. The molecule has 0 aliphatic rings. The molecule has 0 fully saturated rings. The molecule has 1 aromatic heterocycles. The number of nitrogens with one attached hydrogen (secondary N) is 1. The molecule has 6 nitrogen and oxygen atoms in total. The molecule has 0 bridgehead atoms. The van der Waals surface area contributed by atoms with Gasteiger partial charge >= 0.3 is 0 Å². The van der Waals surface area contributed by atoms with Crippen LogP contribution < -0.4 is 21.6 Å². The maximum atomic E-state index is 12.1. The minimum atomic E-state index is -0.238. The average molecular weight is 260 g/mol. The van der Waals surface area contributed by atoms with E-state index in [1.807, 2.05) is 31.2 Å². The molecular formula is C13H16N4O2. The molecule has 0 saturated carbocycles. The van der Waals surface area contributed by atoms with Crippen molar-refractivity contribution in [3.05, 3.63) is 52.1 Å². The number of anilines is 1. The van der Waals surface area contributed by atoms with E-state index in [4.69, 9.17) is 10.6 Å². The molecule has 0 aliphatic heterocycles. The van der Waals surface area contributed by atoms with Gasteiger partial charge in [-0.3, -0.25) is 4.79 Å². The van der Waals surface area contributed by atoms with Gasteiger partial charge in [-0.2, -0.15) is 0 Å². The van der Waals surface area contributed by atoms with Crippen molar-refractivity contribution in [1.82, 2.24) is 9.55 Å². The first-order valence-electron chi connectivity index (χ1n) is 5.81. The molecule has 0 saturated heterocycles. The number of nitrogens with two attached hydrogens (primary N) is 1. The van der Waals surface area contributed by atoms with E-state index in [0.717, 1.165) is 17.0 Å². The standard InChI is InChI=1S/C13H16N4O2/c1-9-7-15-12(16-14)13(18)17(9)8-10-3-5-11(19-2)6-4-10/h3-7H,8,14H2,1-2H3,(H,15,16). The van der Waals surface area contributed by atoms with Crippen LogP contribution in [0.5, 0.6) is 5.75 Å². The summed E-state index contributed by atoms with van der Waals surface area (Å²) in [5.41, 5.74) is 3.84. The highest BCUT2D eigenvalue weighted by Crippen LogP contribution is 2.12. The Kier molecular flexibility index (Phi) is 3.82. The van der Waals surface area contributed by atoms with Crippen LogP contribution in [0.2, 0.25) is 0 Å². The van der Waals surface area contributed by atoms with Crippen LogP contribution >= 0.6 is 0 Å². The summed E-state index contributed by atoms with van der Waals surface area (Å²) in [5, 5.41) is 0. The highest BCUT2D eigenvalue weighted by molar-refractivity contribution is 5.31. The number of hydrazine groups is 1. The van der Waals surface area contributed by atoms with Crippen molar-refractivity contribution >= 4 is 5.82 Å². The second kappa shape index (κ2) is 5.53. The van der Waals surface area contributed by atoms with Gasteiger partial charge in [-0.1, -0.05) is 12.1 Å². The van der Waals surface area contributed by atoms with Crippen LogP contribution in [0, 0.1) is 6.92 Å². The van der Waals surface area contributed by atoms with E-state index in [0.29, 0.717) is 6.54 Å². The van der Waals surface area contributed by atoms with Gasteiger partial charge in [0, 0.05) is 11.9 Å². The van der Waals surface area contributed by atoms with Gasteiger partial charge in [0.1, 0.15) is 5.75 Å². The molecule has 2 rings (SSSR count). The second-order valence-corrected chi connectivity index (χ2v) is 4.13. The van der Waals surface area contributed by atoms with Crippen molar-refractivity contribution in [3.8, 4) is 5.75 Å². The molecule has 0 amide bonds. The first kappa shape index (κ1) is 13.1. The summed E-state index contributed by atoms with van der Waals surface area (Å²) in [4.78, 5) is 16.0.